The minimum atomic E-state index is -0.858. The monoisotopic (exact) mass is 604 g/mol. The van der Waals surface area contributed by atoms with Gasteiger partial charge in [0.25, 0.3) is 5.56 Å². The van der Waals surface area contributed by atoms with E-state index in [0.717, 1.165) is 5.56 Å². The van der Waals surface area contributed by atoms with Crippen molar-refractivity contribution in [3.05, 3.63) is 114 Å². The number of carbonyl (C=O) groups excluding carboxylic acids is 1. The number of hydrogen-bond donors (Lipinski definition) is 0. The van der Waals surface area contributed by atoms with Crippen molar-refractivity contribution in [2.45, 2.75) is 19.9 Å². The second-order valence-corrected chi connectivity index (χ2v) is 10.6. The minimum Gasteiger partial charge on any atom is -0.493 e. The van der Waals surface area contributed by atoms with Gasteiger partial charge < -0.3 is 18.9 Å². The molecule has 10 heteroatoms. The normalized spacial score (nSPS) is 14.7. The third-order valence-corrected chi connectivity index (χ3v) is 7.87. The molecule has 0 fully saturated rings. The van der Waals surface area contributed by atoms with E-state index in [0.29, 0.717) is 55.0 Å². The Morgan fingerprint density at radius 3 is 2.40 bits per heavy atom. The minimum absolute atomic E-state index is 0.155. The van der Waals surface area contributed by atoms with E-state index in [-0.39, 0.29) is 17.7 Å². The molecule has 216 valence electrons. The van der Waals surface area contributed by atoms with E-state index in [1.165, 1.54) is 23.0 Å². The molecule has 8 nitrogen and oxygen atoms in total. The highest BCUT2D eigenvalue weighted by atomic mass is 35.5. The highest BCUT2D eigenvalue weighted by Gasteiger charge is 2.35. The Morgan fingerprint density at radius 2 is 1.71 bits per heavy atom. The van der Waals surface area contributed by atoms with Crippen molar-refractivity contribution in [3.8, 4) is 17.2 Å². The molecule has 1 aliphatic rings. The van der Waals surface area contributed by atoms with Crippen LogP contribution in [-0.4, -0.2) is 38.0 Å². The summed E-state index contributed by atoms with van der Waals surface area (Å²) in [6, 6.07) is 19.1. The number of esters is 1. The number of halogens is 1. The first kappa shape index (κ1) is 29.2. The summed E-state index contributed by atoms with van der Waals surface area (Å²) >= 11 is 7.52. The molecule has 0 bridgehead atoms. The molecule has 0 saturated carbocycles. The number of ether oxygens (including phenoxy) is 4. The Bertz CT molecular complexity index is 1840. The second-order valence-electron chi connectivity index (χ2n) is 9.16. The molecule has 0 unspecified atom stereocenters. The van der Waals surface area contributed by atoms with Crippen molar-refractivity contribution in [1.29, 1.82) is 0 Å². The molecule has 0 aliphatic carbocycles. The van der Waals surface area contributed by atoms with Crippen molar-refractivity contribution in [2.75, 3.05) is 27.4 Å². The van der Waals surface area contributed by atoms with Crippen LogP contribution in [0, 0.1) is 0 Å². The Morgan fingerprint density at radius 1 is 0.976 bits per heavy atom. The summed E-state index contributed by atoms with van der Waals surface area (Å²) in [5.41, 5.74) is 2.35. The van der Waals surface area contributed by atoms with Crippen molar-refractivity contribution < 1.29 is 23.7 Å². The fourth-order valence-corrected chi connectivity index (χ4v) is 6.01. The van der Waals surface area contributed by atoms with Crippen molar-refractivity contribution in [2.24, 2.45) is 4.99 Å². The topological polar surface area (TPSA) is 88.4 Å². The first-order valence-electron chi connectivity index (χ1n) is 13.3. The van der Waals surface area contributed by atoms with Crippen LogP contribution >= 0.6 is 22.9 Å². The average molecular weight is 605 g/mol. The molecule has 1 aliphatic heterocycles. The van der Waals surface area contributed by atoms with Crippen LogP contribution in [0.1, 0.15) is 36.6 Å². The van der Waals surface area contributed by atoms with E-state index >= 15 is 0 Å². The summed E-state index contributed by atoms with van der Waals surface area (Å²) in [4.78, 5) is 33.2. The summed E-state index contributed by atoms with van der Waals surface area (Å²) in [5, 5.41) is 0.511. The van der Waals surface area contributed by atoms with Gasteiger partial charge in [0.05, 0.1) is 49.3 Å². The van der Waals surface area contributed by atoms with E-state index in [2.05, 4.69) is 0 Å². The molecule has 2 heterocycles. The van der Waals surface area contributed by atoms with Gasteiger partial charge in [-0.3, -0.25) is 9.36 Å². The number of hydrogen-bond acceptors (Lipinski definition) is 8. The maximum Gasteiger partial charge on any atom is 0.338 e. The zero-order valence-electron chi connectivity index (χ0n) is 23.5. The largest absolute Gasteiger partial charge is 0.493 e. The van der Waals surface area contributed by atoms with E-state index in [1.54, 1.807) is 56.5 Å². The van der Waals surface area contributed by atoms with Crippen LogP contribution in [0.25, 0.3) is 11.8 Å². The molecule has 0 saturated heterocycles. The number of methoxy groups -OCH3 is 2. The van der Waals surface area contributed by atoms with Crippen molar-refractivity contribution in [3.63, 3.8) is 0 Å². The lowest BCUT2D eigenvalue weighted by molar-refractivity contribution is -0.138. The zero-order valence-corrected chi connectivity index (χ0v) is 25.1. The summed E-state index contributed by atoms with van der Waals surface area (Å²) in [7, 11) is 3.08. The fraction of sp³-hybridized carbons (Fsp3) is 0.219. The number of rotatable bonds is 9. The number of nitrogens with zero attached hydrogens (tertiary/aromatic N) is 2. The van der Waals surface area contributed by atoms with Gasteiger partial charge in [-0.2, -0.15) is 0 Å². The number of fused-ring (bicyclic) bond motifs is 1. The quantitative estimate of drug-likeness (QED) is 0.250. The molecule has 0 spiro atoms. The molecule has 4 aromatic rings. The van der Waals surface area contributed by atoms with Gasteiger partial charge in [-0.1, -0.05) is 59.3 Å². The zero-order chi connectivity index (χ0) is 29.8. The van der Waals surface area contributed by atoms with Gasteiger partial charge >= 0.3 is 5.97 Å². The highest BCUT2D eigenvalue weighted by Crippen LogP contribution is 2.38. The molecule has 0 radical (unpaired) electrons. The smallest absolute Gasteiger partial charge is 0.338 e. The molecule has 42 heavy (non-hydrogen) atoms. The van der Waals surface area contributed by atoms with Crippen molar-refractivity contribution in [1.82, 2.24) is 4.57 Å². The third-order valence-electron chi connectivity index (χ3n) is 6.66. The van der Waals surface area contributed by atoms with Gasteiger partial charge in [-0.15, -0.1) is 0 Å². The molecule has 1 atom stereocenters. The van der Waals surface area contributed by atoms with Gasteiger partial charge in [-0.25, -0.2) is 9.79 Å². The Hall–Kier alpha value is -4.34. The molecule has 0 N–H and O–H groups in total. The SMILES string of the molecule is CCOC(=O)C1=C(c2ccccc2)N=c2s/c(=C\c3cc(Cl)ccc3OCC)c(=O)n2[C@@H]1c1ccc(OC)c(OC)c1. The predicted octanol–water partition coefficient (Wildman–Crippen LogP) is 5.00. The van der Waals surface area contributed by atoms with E-state index in [9.17, 15) is 9.59 Å². The lowest BCUT2D eigenvalue weighted by atomic mass is 9.93. The van der Waals surface area contributed by atoms with Crippen LogP contribution in [0.4, 0.5) is 0 Å². The summed E-state index contributed by atoms with van der Waals surface area (Å²) in [6.45, 7) is 4.23. The van der Waals surface area contributed by atoms with Crippen LogP contribution in [0.3, 0.4) is 0 Å². The maximum absolute atomic E-state index is 14.2. The van der Waals surface area contributed by atoms with Crippen LogP contribution in [0.2, 0.25) is 5.02 Å². The first-order valence-corrected chi connectivity index (χ1v) is 14.5. The van der Waals surface area contributed by atoms with Gasteiger partial charge in [0.15, 0.2) is 16.3 Å². The molecule has 0 amide bonds. The first-order chi connectivity index (χ1) is 20.4. The number of carbonyl (C=O) groups is 1. The number of thiazole rings is 1. The molecule has 1 aromatic heterocycles. The fourth-order valence-electron chi connectivity index (χ4n) is 4.84. The van der Waals surface area contributed by atoms with E-state index < -0.39 is 12.0 Å². The Labute approximate surface area is 251 Å². The Balaban J connectivity index is 1.84. The number of aromatic nitrogens is 1. The van der Waals surface area contributed by atoms with Gasteiger partial charge in [-0.05, 0) is 55.8 Å². The summed E-state index contributed by atoms with van der Waals surface area (Å²) in [6.07, 6.45) is 1.74. The van der Waals surface area contributed by atoms with Crippen LogP contribution in [0.15, 0.2) is 82.1 Å². The summed E-state index contributed by atoms with van der Waals surface area (Å²) < 4.78 is 24.3. The number of benzene rings is 3. The van der Waals surface area contributed by atoms with Gasteiger partial charge in [0.1, 0.15) is 5.75 Å². The third kappa shape index (κ3) is 5.57. The highest BCUT2D eigenvalue weighted by molar-refractivity contribution is 7.07. The maximum atomic E-state index is 14.2. The second kappa shape index (κ2) is 12.7. The predicted molar refractivity (Wildman–Crippen MR) is 163 cm³/mol. The summed E-state index contributed by atoms with van der Waals surface area (Å²) in [5.74, 6) is 1.01. The van der Waals surface area contributed by atoms with Crippen LogP contribution in [-0.2, 0) is 9.53 Å². The average Bonchev–Trinajstić information content (AvgIpc) is 3.32. The van der Waals surface area contributed by atoms with E-state index in [1.807, 2.05) is 37.3 Å². The molecular weight excluding hydrogens is 576 g/mol. The van der Waals surface area contributed by atoms with Gasteiger partial charge in [0, 0.05) is 16.1 Å². The Kier molecular flexibility index (Phi) is 8.80. The lowest BCUT2D eigenvalue weighted by Gasteiger charge is -2.26. The standard InChI is InChI=1S/C32H29ClN2O6S/c1-5-40-23-15-13-22(33)16-21(23)18-26-30(36)35-29(20-12-14-24(38-3)25(17-20)39-4)27(31(37)41-6-2)28(34-32(35)42-26)19-10-8-7-9-11-19/h7-18,29H,5-6H2,1-4H3/b26-18-/t29-/m1/s1. The molecule has 3 aromatic carbocycles. The molecular formula is C32H29ClN2O6S. The molecule has 5 rings (SSSR count). The lowest BCUT2D eigenvalue weighted by Crippen LogP contribution is -2.40. The van der Waals surface area contributed by atoms with E-state index in [4.69, 9.17) is 35.5 Å². The van der Waals surface area contributed by atoms with Crippen LogP contribution in [0.5, 0.6) is 17.2 Å². The van der Waals surface area contributed by atoms with Crippen molar-refractivity contribution >= 4 is 40.7 Å². The van der Waals surface area contributed by atoms with Gasteiger partial charge in [0.2, 0.25) is 0 Å². The van der Waals surface area contributed by atoms with Crippen LogP contribution < -0.4 is 29.1 Å².